The van der Waals surface area contributed by atoms with E-state index in [-0.39, 0.29) is 0 Å². The number of nitrogens with zero attached hydrogens (tertiary/aromatic N) is 3. The van der Waals surface area contributed by atoms with Crippen molar-refractivity contribution in [3.8, 4) is 45.3 Å². The molecular formula is C33H22N4. The fourth-order valence-corrected chi connectivity index (χ4v) is 4.78. The van der Waals surface area contributed by atoms with Crippen LogP contribution >= 0.6 is 0 Å². The molecule has 2 heterocycles. The van der Waals surface area contributed by atoms with Gasteiger partial charge in [-0.15, -0.1) is 0 Å². The number of fused-ring (bicyclic) bond motifs is 3. The molecule has 0 unspecified atom stereocenters. The summed E-state index contributed by atoms with van der Waals surface area (Å²) >= 11 is 0. The maximum Gasteiger partial charge on any atom is 0.164 e. The molecule has 5 aromatic carbocycles. The van der Waals surface area contributed by atoms with Crippen molar-refractivity contribution in [2.45, 2.75) is 0 Å². The fraction of sp³-hybridized carbons (Fsp3) is 0. The van der Waals surface area contributed by atoms with Gasteiger partial charge in [-0.05, 0) is 29.3 Å². The monoisotopic (exact) mass is 474 g/mol. The van der Waals surface area contributed by atoms with Gasteiger partial charge in [0.05, 0.1) is 0 Å². The van der Waals surface area contributed by atoms with Gasteiger partial charge in [-0.3, -0.25) is 0 Å². The predicted octanol–water partition coefficient (Wildman–Crippen LogP) is 8.17. The molecule has 0 saturated heterocycles. The number of hydrogen-bond donors (Lipinski definition) is 1. The van der Waals surface area contributed by atoms with Crippen LogP contribution in [0.25, 0.3) is 67.1 Å². The Hall–Kier alpha value is -5.09. The highest BCUT2D eigenvalue weighted by molar-refractivity contribution is 6.08. The van der Waals surface area contributed by atoms with Crippen LogP contribution < -0.4 is 0 Å². The first kappa shape index (κ1) is 21.2. The lowest BCUT2D eigenvalue weighted by atomic mass is 10.0. The normalized spacial score (nSPS) is 11.2. The van der Waals surface area contributed by atoms with Crippen LogP contribution in [0.4, 0.5) is 0 Å². The Morgan fingerprint density at radius 1 is 0.351 bits per heavy atom. The molecule has 0 spiro atoms. The third-order valence-electron chi connectivity index (χ3n) is 6.68. The van der Waals surface area contributed by atoms with Gasteiger partial charge in [0, 0.05) is 38.5 Å². The van der Waals surface area contributed by atoms with E-state index in [9.17, 15) is 0 Å². The largest absolute Gasteiger partial charge is 0.355 e. The Balaban J connectivity index is 1.30. The van der Waals surface area contributed by atoms with Gasteiger partial charge in [-0.25, -0.2) is 15.0 Å². The van der Waals surface area contributed by atoms with E-state index in [4.69, 9.17) is 15.0 Å². The Morgan fingerprint density at radius 3 is 1.43 bits per heavy atom. The number of hydrogen-bond acceptors (Lipinski definition) is 3. The number of para-hydroxylation sites is 1. The third-order valence-corrected chi connectivity index (χ3v) is 6.68. The molecule has 37 heavy (non-hydrogen) atoms. The van der Waals surface area contributed by atoms with E-state index in [0.717, 1.165) is 33.3 Å². The molecule has 7 rings (SSSR count). The second kappa shape index (κ2) is 8.85. The summed E-state index contributed by atoms with van der Waals surface area (Å²) in [6, 6.07) is 43.6. The number of nitrogens with one attached hydrogen (secondary N) is 1. The lowest BCUT2D eigenvalue weighted by molar-refractivity contribution is 1.07. The van der Waals surface area contributed by atoms with E-state index in [2.05, 4.69) is 71.7 Å². The van der Waals surface area contributed by atoms with Gasteiger partial charge in [-0.2, -0.15) is 0 Å². The van der Waals surface area contributed by atoms with E-state index in [1.165, 1.54) is 16.3 Å². The molecule has 1 N–H and O–H groups in total. The molecule has 0 aliphatic heterocycles. The smallest absolute Gasteiger partial charge is 0.164 e. The summed E-state index contributed by atoms with van der Waals surface area (Å²) in [7, 11) is 0. The number of rotatable bonds is 4. The van der Waals surface area contributed by atoms with Crippen molar-refractivity contribution in [1.29, 1.82) is 0 Å². The molecule has 0 radical (unpaired) electrons. The van der Waals surface area contributed by atoms with Gasteiger partial charge < -0.3 is 4.98 Å². The Bertz CT molecular complexity index is 1800. The zero-order valence-electron chi connectivity index (χ0n) is 20.0. The van der Waals surface area contributed by atoms with Gasteiger partial charge in [0.1, 0.15) is 0 Å². The number of aromatic amines is 1. The van der Waals surface area contributed by atoms with Crippen molar-refractivity contribution < 1.29 is 0 Å². The van der Waals surface area contributed by atoms with Crippen molar-refractivity contribution in [3.63, 3.8) is 0 Å². The van der Waals surface area contributed by atoms with Crippen molar-refractivity contribution in [1.82, 2.24) is 19.9 Å². The van der Waals surface area contributed by atoms with Gasteiger partial charge in [-0.1, -0.05) is 109 Å². The summed E-state index contributed by atoms with van der Waals surface area (Å²) in [6.45, 7) is 0. The summed E-state index contributed by atoms with van der Waals surface area (Å²) in [5, 5.41) is 2.47. The molecule has 4 heteroatoms. The Labute approximate surface area is 214 Å². The molecule has 7 aromatic rings. The van der Waals surface area contributed by atoms with Gasteiger partial charge in [0.15, 0.2) is 17.5 Å². The third kappa shape index (κ3) is 3.95. The Morgan fingerprint density at radius 2 is 0.811 bits per heavy atom. The first-order valence-corrected chi connectivity index (χ1v) is 12.3. The second-order valence-electron chi connectivity index (χ2n) is 9.05. The zero-order chi connectivity index (χ0) is 24.6. The quantitative estimate of drug-likeness (QED) is 0.280. The minimum Gasteiger partial charge on any atom is -0.355 e. The molecule has 2 aromatic heterocycles. The van der Waals surface area contributed by atoms with Crippen LogP contribution in [0.1, 0.15) is 0 Å². The minimum absolute atomic E-state index is 0.659. The summed E-state index contributed by atoms with van der Waals surface area (Å²) in [5.41, 5.74) is 7.51. The average molecular weight is 475 g/mol. The summed E-state index contributed by atoms with van der Waals surface area (Å²) < 4.78 is 0. The van der Waals surface area contributed by atoms with E-state index in [0.29, 0.717) is 17.5 Å². The highest BCUT2D eigenvalue weighted by atomic mass is 15.0. The van der Waals surface area contributed by atoms with E-state index in [1.54, 1.807) is 0 Å². The van der Waals surface area contributed by atoms with Gasteiger partial charge >= 0.3 is 0 Å². The van der Waals surface area contributed by atoms with Crippen molar-refractivity contribution in [2.75, 3.05) is 0 Å². The van der Waals surface area contributed by atoms with Crippen molar-refractivity contribution >= 4 is 21.8 Å². The molecular weight excluding hydrogens is 452 g/mol. The lowest BCUT2D eigenvalue weighted by Gasteiger charge is -2.09. The van der Waals surface area contributed by atoms with Crippen LogP contribution in [0, 0.1) is 0 Å². The highest BCUT2D eigenvalue weighted by Gasteiger charge is 2.12. The highest BCUT2D eigenvalue weighted by Crippen LogP contribution is 2.31. The first-order valence-electron chi connectivity index (χ1n) is 12.3. The predicted molar refractivity (Wildman–Crippen MR) is 151 cm³/mol. The summed E-state index contributed by atoms with van der Waals surface area (Å²) in [4.78, 5) is 18.0. The van der Waals surface area contributed by atoms with Crippen LogP contribution in [-0.2, 0) is 0 Å². The topological polar surface area (TPSA) is 54.5 Å². The second-order valence-corrected chi connectivity index (χ2v) is 9.05. The maximum absolute atomic E-state index is 4.84. The van der Waals surface area contributed by atoms with Crippen LogP contribution in [0.3, 0.4) is 0 Å². The van der Waals surface area contributed by atoms with Crippen LogP contribution in [0.5, 0.6) is 0 Å². The fourth-order valence-electron chi connectivity index (χ4n) is 4.78. The zero-order valence-corrected chi connectivity index (χ0v) is 20.0. The molecule has 4 nitrogen and oxygen atoms in total. The van der Waals surface area contributed by atoms with Gasteiger partial charge in [0.25, 0.3) is 0 Å². The summed E-state index contributed by atoms with van der Waals surface area (Å²) in [5.74, 6) is 1.99. The van der Waals surface area contributed by atoms with Crippen LogP contribution in [0.2, 0.25) is 0 Å². The number of benzene rings is 5. The van der Waals surface area contributed by atoms with Crippen LogP contribution in [-0.4, -0.2) is 19.9 Å². The molecule has 174 valence electrons. The molecule has 0 aliphatic rings. The molecule has 0 bridgehead atoms. The number of H-pyrrole nitrogens is 1. The van der Waals surface area contributed by atoms with Crippen LogP contribution in [0.15, 0.2) is 127 Å². The molecule has 0 saturated carbocycles. The van der Waals surface area contributed by atoms with E-state index < -0.39 is 0 Å². The van der Waals surface area contributed by atoms with E-state index >= 15 is 0 Å². The molecule has 0 amide bonds. The first-order chi connectivity index (χ1) is 18.3. The lowest BCUT2D eigenvalue weighted by Crippen LogP contribution is -2.00. The molecule has 0 aliphatic carbocycles. The standard InChI is InChI=1S/C33H22N4/c1-3-9-23(10-4-1)31-35-32(24-11-5-2-6-12-24)37-33(36-31)25-17-15-22(16-18-25)26-19-20-30-28(21-26)27-13-7-8-14-29(27)34-30/h1-21,34H. The van der Waals surface area contributed by atoms with Crippen molar-refractivity contribution in [3.05, 3.63) is 127 Å². The van der Waals surface area contributed by atoms with Crippen molar-refractivity contribution in [2.24, 2.45) is 0 Å². The Kier molecular flexibility index (Phi) is 5.07. The number of aromatic nitrogens is 4. The summed E-state index contributed by atoms with van der Waals surface area (Å²) in [6.07, 6.45) is 0. The van der Waals surface area contributed by atoms with Gasteiger partial charge in [0.2, 0.25) is 0 Å². The SMILES string of the molecule is c1ccc(-c2nc(-c3ccccc3)nc(-c3ccc(-c4ccc5[nH]c6ccccc6c5c4)cc3)n2)cc1. The molecule has 0 fully saturated rings. The maximum atomic E-state index is 4.84. The molecule has 0 atom stereocenters. The minimum atomic E-state index is 0.659. The average Bonchev–Trinajstić information content (AvgIpc) is 3.36. The van der Waals surface area contributed by atoms with E-state index in [1.807, 2.05) is 60.7 Å².